The van der Waals surface area contributed by atoms with Gasteiger partial charge in [-0.15, -0.1) is 15.9 Å². The Hall–Kier alpha value is 0.0200. The average Bonchev–Trinajstić information content (AvgIpc) is 1.82. The second-order valence-corrected chi connectivity index (χ2v) is 4.24. The van der Waals surface area contributed by atoms with Crippen LogP contribution in [-0.4, -0.2) is 35.7 Å². The first-order chi connectivity index (χ1) is 5.80. The lowest BCUT2D eigenvalue weighted by Crippen LogP contribution is -2.41. The molecule has 0 saturated heterocycles. The van der Waals surface area contributed by atoms with E-state index in [0.717, 1.165) is 6.92 Å². The van der Waals surface area contributed by atoms with E-state index in [2.05, 4.69) is 0 Å². The number of rotatable bonds is 5. The van der Waals surface area contributed by atoms with Crippen molar-refractivity contribution in [1.82, 2.24) is 4.31 Å². The van der Waals surface area contributed by atoms with Crippen LogP contribution in [0.25, 0.3) is 0 Å². The Labute approximate surface area is 80.4 Å². The van der Waals surface area contributed by atoms with E-state index in [0.29, 0.717) is 0 Å². The predicted octanol–water partition coefficient (Wildman–Crippen LogP) is 1.33. The molecule has 8 heteroatoms. The van der Waals surface area contributed by atoms with Crippen molar-refractivity contribution >= 4 is 21.9 Å². The van der Waals surface area contributed by atoms with Gasteiger partial charge in [0.2, 0.25) is 0 Å². The molecular weight excluding hydrogens is 228 g/mol. The smallest absolute Gasteiger partial charge is 0.273 e. The standard InChI is InChI=1S/C5H10ClF2NO3S/c1-4(6)9(13(10,11)12)5(8)2-3-7/h4-5H,2-3H2,1H3,(H,10,11,12). The molecule has 80 valence electrons. The van der Waals surface area contributed by atoms with Gasteiger partial charge in [-0.2, -0.15) is 8.42 Å². The lowest BCUT2D eigenvalue weighted by Gasteiger charge is -2.23. The van der Waals surface area contributed by atoms with E-state index in [4.69, 9.17) is 16.2 Å². The monoisotopic (exact) mass is 237 g/mol. The molecule has 0 rings (SSSR count). The average molecular weight is 238 g/mol. The molecule has 0 aromatic carbocycles. The minimum absolute atomic E-state index is 0.00582. The second kappa shape index (κ2) is 5.04. The maximum atomic E-state index is 12.9. The molecule has 2 atom stereocenters. The highest BCUT2D eigenvalue weighted by Gasteiger charge is 2.31. The number of nitrogens with zero attached hydrogens (tertiary/aromatic N) is 1. The van der Waals surface area contributed by atoms with Gasteiger partial charge in [0.15, 0.2) is 6.30 Å². The van der Waals surface area contributed by atoms with Gasteiger partial charge in [0.25, 0.3) is 0 Å². The number of alkyl halides is 3. The molecule has 13 heavy (non-hydrogen) atoms. The highest BCUT2D eigenvalue weighted by Crippen LogP contribution is 2.17. The molecule has 0 aliphatic heterocycles. The van der Waals surface area contributed by atoms with Crippen LogP contribution in [-0.2, 0) is 10.3 Å². The molecule has 0 spiro atoms. The molecule has 0 heterocycles. The summed E-state index contributed by atoms with van der Waals surface area (Å²) < 4.78 is 54.1. The lowest BCUT2D eigenvalue weighted by atomic mass is 10.4. The predicted molar refractivity (Wildman–Crippen MR) is 44.2 cm³/mol. The fourth-order valence-electron chi connectivity index (χ4n) is 0.768. The fraction of sp³-hybridized carbons (Fsp3) is 1.00. The molecule has 2 unspecified atom stereocenters. The zero-order valence-electron chi connectivity index (χ0n) is 6.82. The van der Waals surface area contributed by atoms with E-state index >= 15 is 0 Å². The molecule has 0 aliphatic carbocycles. The third kappa shape index (κ3) is 4.17. The SMILES string of the molecule is CC(Cl)N(C(F)CCF)S(=O)(=O)O. The summed E-state index contributed by atoms with van der Waals surface area (Å²) in [6.07, 6.45) is -2.80. The zero-order chi connectivity index (χ0) is 10.6. The molecule has 0 saturated carbocycles. The van der Waals surface area contributed by atoms with Crippen molar-refractivity contribution in [2.24, 2.45) is 0 Å². The Morgan fingerprint density at radius 3 is 2.31 bits per heavy atom. The van der Waals surface area contributed by atoms with Gasteiger partial charge in [0, 0.05) is 6.42 Å². The summed E-state index contributed by atoms with van der Waals surface area (Å²) in [4.78, 5) is 0. The van der Waals surface area contributed by atoms with Gasteiger partial charge in [0.05, 0.1) is 6.67 Å². The van der Waals surface area contributed by atoms with Gasteiger partial charge in [-0.3, -0.25) is 8.94 Å². The summed E-state index contributed by atoms with van der Waals surface area (Å²) in [7, 11) is -4.73. The molecule has 1 N–H and O–H groups in total. The summed E-state index contributed by atoms with van der Waals surface area (Å²) in [6.45, 7) is 0.122. The number of hydrogen-bond donors (Lipinski definition) is 1. The summed E-state index contributed by atoms with van der Waals surface area (Å²) >= 11 is 5.28. The molecule has 0 bridgehead atoms. The van der Waals surface area contributed by atoms with E-state index < -0.39 is 35.2 Å². The van der Waals surface area contributed by atoms with Crippen LogP contribution < -0.4 is 0 Å². The van der Waals surface area contributed by atoms with Crippen LogP contribution >= 0.6 is 11.6 Å². The van der Waals surface area contributed by atoms with Crippen LogP contribution in [0.4, 0.5) is 8.78 Å². The van der Waals surface area contributed by atoms with Crippen LogP contribution in [0, 0.1) is 0 Å². The maximum absolute atomic E-state index is 12.9. The first-order valence-electron chi connectivity index (χ1n) is 3.40. The van der Waals surface area contributed by atoms with E-state index in [-0.39, 0.29) is 4.31 Å². The van der Waals surface area contributed by atoms with Crippen molar-refractivity contribution in [3.8, 4) is 0 Å². The Morgan fingerprint density at radius 2 is 2.08 bits per heavy atom. The lowest BCUT2D eigenvalue weighted by molar-refractivity contribution is 0.127. The summed E-state index contributed by atoms with van der Waals surface area (Å²) in [5.74, 6) is 0. The Kier molecular flexibility index (Phi) is 5.05. The van der Waals surface area contributed by atoms with Gasteiger partial charge < -0.3 is 0 Å². The van der Waals surface area contributed by atoms with Crippen molar-refractivity contribution < 1.29 is 21.8 Å². The summed E-state index contributed by atoms with van der Waals surface area (Å²) in [6, 6.07) is 0. The first-order valence-corrected chi connectivity index (χ1v) is 5.24. The summed E-state index contributed by atoms with van der Waals surface area (Å²) in [5, 5.41) is 0. The van der Waals surface area contributed by atoms with Gasteiger partial charge >= 0.3 is 10.3 Å². The van der Waals surface area contributed by atoms with Crippen LogP contribution in [0.1, 0.15) is 13.3 Å². The van der Waals surface area contributed by atoms with Crippen LogP contribution in [0.15, 0.2) is 0 Å². The minimum Gasteiger partial charge on any atom is -0.273 e. The number of halogens is 3. The molecule has 4 nitrogen and oxygen atoms in total. The fourth-order valence-corrected chi connectivity index (χ4v) is 1.95. The van der Waals surface area contributed by atoms with E-state index in [1.165, 1.54) is 0 Å². The Balaban J connectivity index is 4.62. The molecule has 0 radical (unpaired) electrons. The molecule has 0 aliphatic rings. The van der Waals surface area contributed by atoms with Gasteiger partial charge in [0.1, 0.15) is 5.50 Å². The van der Waals surface area contributed by atoms with Crippen molar-refractivity contribution in [2.45, 2.75) is 25.1 Å². The summed E-state index contributed by atoms with van der Waals surface area (Å²) in [5.41, 5.74) is -1.27. The normalized spacial score (nSPS) is 17.4. The van der Waals surface area contributed by atoms with Crippen LogP contribution in [0.5, 0.6) is 0 Å². The second-order valence-electron chi connectivity index (χ2n) is 2.29. The van der Waals surface area contributed by atoms with E-state index in [1.54, 1.807) is 0 Å². The van der Waals surface area contributed by atoms with Crippen LogP contribution in [0.3, 0.4) is 0 Å². The minimum atomic E-state index is -4.73. The van der Waals surface area contributed by atoms with Crippen LogP contribution in [0.2, 0.25) is 0 Å². The zero-order valence-corrected chi connectivity index (χ0v) is 8.39. The van der Waals surface area contributed by atoms with Crippen molar-refractivity contribution in [2.75, 3.05) is 6.67 Å². The highest BCUT2D eigenvalue weighted by atomic mass is 35.5. The molecule has 0 aromatic rings. The third-order valence-electron chi connectivity index (χ3n) is 1.24. The van der Waals surface area contributed by atoms with E-state index in [9.17, 15) is 17.2 Å². The van der Waals surface area contributed by atoms with Crippen molar-refractivity contribution in [3.63, 3.8) is 0 Å². The Bertz CT molecular complexity index is 246. The van der Waals surface area contributed by atoms with Gasteiger partial charge in [-0.05, 0) is 6.92 Å². The molecule has 0 fully saturated rings. The first kappa shape index (κ1) is 13.0. The van der Waals surface area contributed by atoms with Crippen molar-refractivity contribution in [3.05, 3.63) is 0 Å². The quantitative estimate of drug-likeness (QED) is 0.446. The van der Waals surface area contributed by atoms with Crippen molar-refractivity contribution in [1.29, 1.82) is 0 Å². The number of hydrogen-bond acceptors (Lipinski definition) is 2. The van der Waals surface area contributed by atoms with Gasteiger partial charge in [-0.1, -0.05) is 0 Å². The topological polar surface area (TPSA) is 57.6 Å². The highest BCUT2D eigenvalue weighted by molar-refractivity contribution is 7.83. The molecule has 0 amide bonds. The maximum Gasteiger partial charge on any atom is 0.339 e. The molecule has 0 aromatic heterocycles. The van der Waals surface area contributed by atoms with Gasteiger partial charge in [-0.25, -0.2) is 4.39 Å². The molecular formula is C5H10ClF2NO3S. The third-order valence-corrected chi connectivity index (χ3v) is 2.64. The van der Waals surface area contributed by atoms with E-state index in [1.807, 2.05) is 0 Å². The largest absolute Gasteiger partial charge is 0.339 e. The Morgan fingerprint density at radius 1 is 1.62 bits per heavy atom.